The summed E-state index contributed by atoms with van der Waals surface area (Å²) < 4.78 is 7.20. The van der Waals surface area contributed by atoms with Crippen molar-refractivity contribution in [3.63, 3.8) is 0 Å². The summed E-state index contributed by atoms with van der Waals surface area (Å²) in [6, 6.07) is 6.35. The quantitative estimate of drug-likeness (QED) is 0.894. The van der Waals surface area contributed by atoms with Gasteiger partial charge in [-0.05, 0) is 44.5 Å². The molecular weight excluding hydrogens is 238 g/mol. The Kier molecular flexibility index (Phi) is 4.10. The van der Waals surface area contributed by atoms with Gasteiger partial charge in [-0.25, -0.2) is 0 Å². The predicted octanol–water partition coefficient (Wildman–Crippen LogP) is 3.39. The molecule has 0 amide bonds. The molecule has 1 atom stereocenters. The van der Waals surface area contributed by atoms with E-state index in [2.05, 4.69) is 36.5 Å². The topological polar surface area (TPSA) is 39.1 Å². The molecule has 1 unspecified atom stereocenters. The van der Waals surface area contributed by atoms with E-state index in [0.717, 1.165) is 23.5 Å². The van der Waals surface area contributed by atoms with Gasteiger partial charge in [0.25, 0.3) is 0 Å². The number of hydrogen-bond donors (Lipinski definition) is 1. The van der Waals surface area contributed by atoms with Gasteiger partial charge in [0.15, 0.2) is 0 Å². The first-order valence-corrected chi connectivity index (χ1v) is 6.57. The van der Waals surface area contributed by atoms with Gasteiger partial charge in [-0.2, -0.15) is 5.10 Å². The molecule has 102 valence electrons. The molecule has 0 aliphatic carbocycles. The lowest BCUT2D eigenvalue weighted by atomic mass is 10.1. The number of nitrogens with zero attached hydrogens (tertiary/aromatic N) is 2. The monoisotopic (exact) mass is 259 g/mol. The van der Waals surface area contributed by atoms with Crippen molar-refractivity contribution >= 4 is 5.69 Å². The SMILES string of the molecule is CCn1cc(C(C)Nc2ccc(OC)c(C)c2)cn1. The molecule has 1 N–H and O–H groups in total. The van der Waals surface area contributed by atoms with E-state index in [1.165, 1.54) is 5.56 Å². The van der Waals surface area contributed by atoms with E-state index in [9.17, 15) is 0 Å². The fraction of sp³-hybridized carbons (Fsp3) is 0.400. The predicted molar refractivity (Wildman–Crippen MR) is 77.7 cm³/mol. The molecule has 0 saturated carbocycles. The minimum absolute atomic E-state index is 0.230. The molecule has 0 fully saturated rings. The molecule has 0 aliphatic heterocycles. The van der Waals surface area contributed by atoms with Gasteiger partial charge in [-0.15, -0.1) is 0 Å². The molecule has 0 bridgehead atoms. The van der Waals surface area contributed by atoms with E-state index < -0.39 is 0 Å². The van der Waals surface area contributed by atoms with Gasteiger partial charge in [-0.1, -0.05) is 0 Å². The molecule has 0 aliphatic rings. The lowest BCUT2D eigenvalue weighted by Crippen LogP contribution is -2.06. The fourth-order valence-corrected chi connectivity index (χ4v) is 2.08. The smallest absolute Gasteiger partial charge is 0.121 e. The van der Waals surface area contributed by atoms with Crippen LogP contribution in [-0.2, 0) is 6.54 Å². The number of nitrogens with one attached hydrogen (secondary N) is 1. The zero-order valence-corrected chi connectivity index (χ0v) is 12.0. The molecule has 1 aromatic carbocycles. The normalized spacial score (nSPS) is 12.2. The molecular formula is C15H21N3O. The summed E-state index contributed by atoms with van der Waals surface area (Å²) in [6.45, 7) is 7.16. The molecule has 2 rings (SSSR count). The summed E-state index contributed by atoms with van der Waals surface area (Å²) in [5.74, 6) is 0.914. The highest BCUT2D eigenvalue weighted by atomic mass is 16.5. The summed E-state index contributed by atoms with van der Waals surface area (Å²) in [5, 5.41) is 7.78. The van der Waals surface area contributed by atoms with Crippen LogP contribution >= 0.6 is 0 Å². The summed E-state index contributed by atoms with van der Waals surface area (Å²) >= 11 is 0. The minimum Gasteiger partial charge on any atom is -0.496 e. The van der Waals surface area contributed by atoms with Gasteiger partial charge < -0.3 is 10.1 Å². The summed E-state index contributed by atoms with van der Waals surface area (Å²) in [4.78, 5) is 0. The largest absolute Gasteiger partial charge is 0.496 e. The van der Waals surface area contributed by atoms with Crippen LogP contribution in [0.15, 0.2) is 30.6 Å². The Balaban J connectivity index is 2.10. The second kappa shape index (κ2) is 5.78. The summed E-state index contributed by atoms with van der Waals surface area (Å²) in [5.41, 5.74) is 3.41. The molecule has 2 aromatic rings. The van der Waals surface area contributed by atoms with Gasteiger partial charge in [0.2, 0.25) is 0 Å². The lowest BCUT2D eigenvalue weighted by molar-refractivity contribution is 0.412. The first-order chi connectivity index (χ1) is 9.13. The third kappa shape index (κ3) is 3.08. The van der Waals surface area contributed by atoms with E-state index in [1.54, 1.807) is 7.11 Å². The number of anilines is 1. The number of hydrogen-bond acceptors (Lipinski definition) is 3. The highest BCUT2D eigenvalue weighted by molar-refractivity contribution is 5.51. The molecule has 4 heteroatoms. The minimum atomic E-state index is 0.230. The first-order valence-electron chi connectivity index (χ1n) is 6.57. The number of methoxy groups -OCH3 is 1. The van der Waals surface area contributed by atoms with Crippen molar-refractivity contribution in [2.45, 2.75) is 33.4 Å². The standard InChI is InChI=1S/C15H21N3O/c1-5-18-10-13(9-16-18)12(3)17-14-6-7-15(19-4)11(2)8-14/h6-10,12,17H,5H2,1-4H3. The van der Waals surface area contributed by atoms with Crippen molar-refractivity contribution in [3.05, 3.63) is 41.7 Å². The van der Waals surface area contributed by atoms with E-state index in [-0.39, 0.29) is 6.04 Å². The number of benzene rings is 1. The van der Waals surface area contributed by atoms with Crippen molar-refractivity contribution in [3.8, 4) is 5.75 Å². The maximum absolute atomic E-state index is 5.27. The maximum atomic E-state index is 5.27. The Morgan fingerprint density at radius 3 is 2.79 bits per heavy atom. The summed E-state index contributed by atoms with van der Waals surface area (Å²) in [6.07, 6.45) is 3.99. The van der Waals surface area contributed by atoms with Gasteiger partial charge in [0.05, 0.1) is 19.3 Å². The summed E-state index contributed by atoms with van der Waals surface area (Å²) in [7, 11) is 1.69. The fourth-order valence-electron chi connectivity index (χ4n) is 2.08. The second-order valence-electron chi connectivity index (χ2n) is 4.68. The Morgan fingerprint density at radius 2 is 2.21 bits per heavy atom. The molecule has 0 saturated heterocycles. The highest BCUT2D eigenvalue weighted by Gasteiger charge is 2.08. The van der Waals surface area contributed by atoms with Crippen LogP contribution < -0.4 is 10.1 Å². The average molecular weight is 259 g/mol. The van der Waals surface area contributed by atoms with Crippen molar-refractivity contribution < 1.29 is 4.74 Å². The molecule has 1 aromatic heterocycles. The van der Waals surface area contributed by atoms with Crippen molar-refractivity contribution in [2.24, 2.45) is 0 Å². The van der Waals surface area contributed by atoms with Crippen molar-refractivity contribution in [1.29, 1.82) is 0 Å². The number of aromatic nitrogens is 2. The van der Waals surface area contributed by atoms with E-state index in [0.29, 0.717) is 0 Å². The Hall–Kier alpha value is -1.97. The van der Waals surface area contributed by atoms with Gasteiger partial charge in [-0.3, -0.25) is 4.68 Å². The van der Waals surface area contributed by atoms with E-state index in [1.807, 2.05) is 29.9 Å². The van der Waals surface area contributed by atoms with Crippen LogP contribution in [0.5, 0.6) is 5.75 Å². The number of aryl methyl sites for hydroxylation is 2. The highest BCUT2D eigenvalue weighted by Crippen LogP contribution is 2.24. The second-order valence-corrected chi connectivity index (χ2v) is 4.68. The number of rotatable bonds is 5. The molecule has 0 spiro atoms. The Morgan fingerprint density at radius 1 is 1.42 bits per heavy atom. The van der Waals surface area contributed by atoms with Gasteiger partial charge in [0, 0.05) is 24.0 Å². The first kappa shape index (κ1) is 13.5. The van der Waals surface area contributed by atoms with Crippen molar-refractivity contribution in [1.82, 2.24) is 9.78 Å². The van der Waals surface area contributed by atoms with Gasteiger partial charge >= 0.3 is 0 Å². The molecule has 0 radical (unpaired) electrons. The Bertz CT molecular complexity index is 548. The van der Waals surface area contributed by atoms with Crippen LogP contribution in [0.2, 0.25) is 0 Å². The van der Waals surface area contributed by atoms with Crippen LogP contribution in [0.4, 0.5) is 5.69 Å². The molecule has 4 nitrogen and oxygen atoms in total. The van der Waals surface area contributed by atoms with E-state index in [4.69, 9.17) is 4.74 Å². The Labute approximate surface area is 114 Å². The lowest BCUT2D eigenvalue weighted by Gasteiger charge is -2.15. The zero-order valence-electron chi connectivity index (χ0n) is 12.0. The zero-order chi connectivity index (χ0) is 13.8. The van der Waals surface area contributed by atoms with Crippen LogP contribution in [-0.4, -0.2) is 16.9 Å². The van der Waals surface area contributed by atoms with Gasteiger partial charge in [0.1, 0.15) is 5.75 Å². The maximum Gasteiger partial charge on any atom is 0.121 e. The van der Waals surface area contributed by atoms with Crippen LogP contribution in [0.3, 0.4) is 0 Å². The van der Waals surface area contributed by atoms with Crippen LogP contribution in [0.1, 0.15) is 31.0 Å². The number of ether oxygens (including phenoxy) is 1. The average Bonchev–Trinajstić information content (AvgIpc) is 2.88. The molecule has 19 heavy (non-hydrogen) atoms. The van der Waals surface area contributed by atoms with Crippen molar-refractivity contribution in [2.75, 3.05) is 12.4 Å². The van der Waals surface area contributed by atoms with Crippen LogP contribution in [0, 0.1) is 6.92 Å². The third-order valence-corrected chi connectivity index (χ3v) is 3.26. The van der Waals surface area contributed by atoms with Crippen LogP contribution in [0.25, 0.3) is 0 Å². The van der Waals surface area contributed by atoms with E-state index >= 15 is 0 Å². The molecule has 1 heterocycles. The third-order valence-electron chi connectivity index (χ3n) is 3.26.